The first kappa shape index (κ1) is 11.8. The number of aromatic nitrogens is 1. The van der Waals surface area contributed by atoms with Gasteiger partial charge in [0.25, 0.3) is 0 Å². The highest BCUT2D eigenvalue weighted by Crippen LogP contribution is 2.38. The number of fused-ring (bicyclic) bond motifs is 5. The number of allylic oxidation sites excluding steroid dienone is 1. The second kappa shape index (κ2) is 4.23. The molecular formula is C17H18N2O. The number of Topliss-reactive ketones (excluding diaryl/α,β-unsaturated/α-hetero) is 1. The zero-order chi connectivity index (χ0) is 13.7. The van der Waals surface area contributed by atoms with Crippen molar-refractivity contribution in [2.45, 2.75) is 26.2 Å². The van der Waals surface area contributed by atoms with Crippen LogP contribution in [-0.4, -0.2) is 28.8 Å². The normalized spacial score (nSPS) is 18.4. The summed E-state index contributed by atoms with van der Waals surface area (Å²) in [7, 11) is 0. The summed E-state index contributed by atoms with van der Waals surface area (Å²) in [6.07, 6.45) is 2.55. The number of hydrogen-bond donors (Lipinski definition) is 1. The molecule has 3 heteroatoms. The first-order chi connectivity index (χ1) is 9.79. The number of benzene rings is 1. The van der Waals surface area contributed by atoms with Crippen LogP contribution in [0.3, 0.4) is 0 Å². The molecule has 1 aromatic heterocycles. The van der Waals surface area contributed by atoms with Crippen LogP contribution in [0, 0.1) is 0 Å². The maximum absolute atomic E-state index is 12.2. The molecule has 102 valence electrons. The lowest BCUT2D eigenvalue weighted by Gasteiger charge is -2.36. The predicted octanol–water partition coefficient (Wildman–Crippen LogP) is 3.12. The number of carbonyl (C=O) groups excluding carboxylic acids is 1. The summed E-state index contributed by atoms with van der Waals surface area (Å²) in [4.78, 5) is 18.1. The Hall–Kier alpha value is -2.03. The molecule has 2 aliphatic heterocycles. The Kier molecular flexibility index (Phi) is 2.49. The van der Waals surface area contributed by atoms with Crippen LogP contribution in [0.4, 0.5) is 0 Å². The van der Waals surface area contributed by atoms with E-state index in [0.29, 0.717) is 12.2 Å². The van der Waals surface area contributed by atoms with Gasteiger partial charge in [0.05, 0.1) is 11.4 Å². The fraction of sp³-hybridized carbons (Fsp3) is 0.353. The number of nitrogens with zero attached hydrogens (tertiary/aromatic N) is 1. The van der Waals surface area contributed by atoms with Gasteiger partial charge in [-0.15, -0.1) is 0 Å². The highest BCUT2D eigenvalue weighted by molar-refractivity contribution is 6.05. The van der Waals surface area contributed by atoms with Crippen LogP contribution in [0.5, 0.6) is 0 Å². The molecule has 1 N–H and O–H groups in total. The fourth-order valence-corrected chi connectivity index (χ4v) is 3.63. The van der Waals surface area contributed by atoms with Gasteiger partial charge in [0, 0.05) is 36.0 Å². The van der Waals surface area contributed by atoms with Crippen molar-refractivity contribution in [3.63, 3.8) is 0 Å². The number of aromatic amines is 1. The van der Waals surface area contributed by atoms with Crippen molar-refractivity contribution >= 4 is 22.4 Å². The van der Waals surface area contributed by atoms with E-state index in [4.69, 9.17) is 0 Å². The van der Waals surface area contributed by atoms with Crippen molar-refractivity contribution in [1.29, 1.82) is 0 Å². The summed E-state index contributed by atoms with van der Waals surface area (Å²) >= 11 is 0. The summed E-state index contributed by atoms with van der Waals surface area (Å²) < 4.78 is 0. The predicted molar refractivity (Wildman–Crippen MR) is 80.4 cm³/mol. The minimum atomic E-state index is 0.324. The molecule has 3 heterocycles. The lowest BCUT2D eigenvalue weighted by Crippen LogP contribution is -2.36. The SMILES string of the molecule is CCC1=C2c3[nH]c4ccccc4c3CCN2CCC1=O. The van der Waals surface area contributed by atoms with Crippen LogP contribution >= 0.6 is 0 Å². The number of ketones is 1. The standard InChI is InChI=1S/C17H18N2O/c1-2-11-15(20)8-10-19-9-7-13-12-5-3-4-6-14(12)18-16(13)17(11)19/h3-6,18H,2,7-10H2,1H3. The fourth-order valence-electron chi connectivity index (χ4n) is 3.63. The Bertz CT molecular complexity index is 739. The molecule has 0 atom stereocenters. The van der Waals surface area contributed by atoms with Gasteiger partial charge in [-0.3, -0.25) is 4.79 Å². The molecule has 3 nitrogen and oxygen atoms in total. The third kappa shape index (κ3) is 1.49. The van der Waals surface area contributed by atoms with Gasteiger partial charge in [0.1, 0.15) is 0 Å². The van der Waals surface area contributed by atoms with E-state index in [1.807, 2.05) is 0 Å². The maximum atomic E-state index is 12.2. The van der Waals surface area contributed by atoms with Gasteiger partial charge in [-0.05, 0) is 24.5 Å². The molecule has 0 amide bonds. The van der Waals surface area contributed by atoms with Crippen molar-refractivity contribution in [1.82, 2.24) is 9.88 Å². The van der Waals surface area contributed by atoms with Crippen molar-refractivity contribution in [3.05, 3.63) is 41.1 Å². The summed E-state index contributed by atoms with van der Waals surface area (Å²) in [5.74, 6) is 0.324. The number of rotatable bonds is 1. The van der Waals surface area contributed by atoms with Gasteiger partial charge >= 0.3 is 0 Å². The van der Waals surface area contributed by atoms with Gasteiger partial charge in [0.2, 0.25) is 0 Å². The second-order valence-electron chi connectivity index (χ2n) is 5.62. The van der Waals surface area contributed by atoms with Crippen molar-refractivity contribution in [2.75, 3.05) is 13.1 Å². The van der Waals surface area contributed by atoms with E-state index in [0.717, 1.165) is 31.5 Å². The van der Waals surface area contributed by atoms with Crippen LogP contribution in [0.1, 0.15) is 31.0 Å². The third-order valence-electron chi connectivity index (χ3n) is 4.58. The molecule has 0 saturated heterocycles. The highest BCUT2D eigenvalue weighted by atomic mass is 16.1. The van der Waals surface area contributed by atoms with Gasteiger partial charge in [0.15, 0.2) is 5.78 Å². The molecule has 0 saturated carbocycles. The Labute approximate surface area is 118 Å². The van der Waals surface area contributed by atoms with Gasteiger partial charge in [-0.25, -0.2) is 0 Å². The second-order valence-corrected chi connectivity index (χ2v) is 5.62. The lowest BCUT2D eigenvalue weighted by atomic mass is 9.91. The van der Waals surface area contributed by atoms with Crippen LogP contribution < -0.4 is 0 Å². The van der Waals surface area contributed by atoms with Gasteiger partial charge in [-0.2, -0.15) is 0 Å². The quantitative estimate of drug-likeness (QED) is 0.861. The van der Waals surface area contributed by atoms with E-state index in [-0.39, 0.29) is 0 Å². The molecule has 2 aromatic rings. The molecule has 2 aliphatic rings. The summed E-state index contributed by atoms with van der Waals surface area (Å²) in [6.45, 7) is 3.98. The molecular weight excluding hydrogens is 248 g/mol. The largest absolute Gasteiger partial charge is 0.369 e. The van der Waals surface area contributed by atoms with E-state index >= 15 is 0 Å². The Morgan fingerprint density at radius 3 is 2.85 bits per heavy atom. The van der Waals surface area contributed by atoms with Gasteiger partial charge < -0.3 is 9.88 Å². The first-order valence-electron chi connectivity index (χ1n) is 7.41. The zero-order valence-electron chi connectivity index (χ0n) is 11.7. The van der Waals surface area contributed by atoms with Crippen LogP contribution in [0.25, 0.3) is 16.6 Å². The Balaban J connectivity index is 2.02. The van der Waals surface area contributed by atoms with Crippen LogP contribution in [0.2, 0.25) is 0 Å². The number of nitrogens with one attached hydrogen (secondary N) is 1. The van der Waals surface area contributed by atoms with Crippen LogP contribution in [-0.2, 0) is 11.2 Å². The minimum Gasteiger partial charge on any atom is -0.369 e. The third-order valence-corrected chi connectivity index (χ3v) is 4.58. The molecule has 4 rings (SSSR count). The summed E-state index contributed by atoms with van der Waals surface area (Å²) in [6, 6.07) is 8.44. The molecule has 0 aliphatic carbocycles. The highest BCUT2D eigenvalue weighted by Gasteiger charge is 2.32. The van der Waals surface area contributed by atoms with Gasteiger partial charge in [-0.1, -0.05) is 25.1 Å². The molecule has 0 bridgehead atoms. The van der Waals surface area contributed by atoms with E-state index in [1.165, 1.54) is 27.9 Å². The maximum Gasteiger partial charge on any atom is 0.162 e. The molecule has 0 radical (unpaired) electrons. The van der Waals surface area contributed by atoms with E-state index < -0.39 is 0 Å². The molecule has 0 unspecified atom stereocenters. The molecule has 1 aromatic carbocycles. The molecule has 0 spiro atoms. The number of para-hydroxylation sites is 1. The van der Waals surface area contributed by atoms with Crippen LogP contribution in [0.15, 0.2) is 29.8 Å². The van der Waals surface area contributed by atoms with Crippen molar-refractivity contribution in [3.8, 4) is 0 Å². The molecule has 0 fully saturated rings. The van der Waals surface area contributed by atoms with E-state index in [9.17, 15) is 4.79 Å². The van der Waals surface area contributed by atoms with Crippen molar-refractivity contribution in [2.24, 2.45) is 0 Å². The lowest BCUT2D eigenvalue weighted by molar-refractivity contribution is -0.116. The first-order valence-corrected chi connectivity index (χ1v) is 7.41. The number of carbonyl (C=O) groups is 1. The number of hydrogen-bond acceptors (Lipinski definition) is 2. The average molecular weight is 266 g/mol. The molecule has 20 heavy (non-hydrogen) atoms. The summed E-state index contributed by atoms with van der Waals surface area (Å²) in [5, 5.41) is 1.31. The Morgan fingerprint density at radius 2 is 2.00 bits per heavy atom. The average Bonchev–Trinajstić information content (AvgIpc) is 2.86. The topological polar surface area (TPSA) is 36.1 Å². The zero-order valence-corrected chi connectivity index (χ0v) is 11.7. The monoisotopic (exact) mass is 266 g/mol. The summed E-state index contributed by atoms with van der Waals surface area (Å²) in [5.41, 5.74) is 5.92. The van der Waals surface area contributed by atoms with Crippen molar-refractivity contribution < 1.29 is 4.79 Å². The van der Waals surface area contributed by atoms with E-state index in [1.54, 1.807) is 0 Å². The minimum absolute atomic E-state index is 0.324. The number of H-pyrrole nitrogens is 1. The van der Waals surface area contributed by atoms with E-state index in [2.05, 4.69) is 41.1 Å². The smallest absolute Gasteiger partial charge is 0.162 e. The Morgan fingerprint density at radius 1 is 1.20 bits per heavy atom.